The molecule has 3 nitrogen and oxygen atoms in total. The molecule has 0 bridgehead atoms. The SMILES string of the molecule is [Na+].[Na+].[O-]c1ccccc1Oc1ccccc1[O-]. The van der Waals surface area contributed by atoms with Crippen LogP contribution in [0.1, 0.15) is 0 Å². The van der Waals surface area contributed by atoms with E-state index in [9.17, 15) is 10.2 Å². The maximum atomic E-state index is 11.3. The molecule has 0 amide bonds. The van der Waals surface area contributed by atoms with Gasteiger partial charge in [0, 0.05) is 0 Å². The third kappa shape index (κ3) is 4.54. The second-order valence-electron chi connectivity index (χ2n) is 3.00. The predicted molar refractivity (Wildman–Crippen MR) is 51.9 cm³/mol. The van der Waals surface area contributed by atoms with E-state index in [2.05, 4.69) is 0 Å². The maximum Gasteiger partial charge on any atom is 1.00 e. The first-order chi connectivity index (χ1) is 7.27. The summed E-state index contributed by atoms with van der Waals surface area (Å²) in [4.78, 5) is 0. The fourth-order valence-electron chi connectivity index (χ4n) is 1.19. The Morgan fingerprint density at radius 1 is 0.647 bits per heavy atom. The van der Waals surface area contributed by atoms with Gasteiger partial charge < -0.3 is 14.9 Å². The van der Waals surface area contributed by atoms with Crippen LogP contribution in [0, 0.1) is 0 Å². The molecule has 2 aromatic carbocycles. The zero-order valence-corrected chi connectivity index (χ0v) is 13.8. The first-order valence-corrected chi connectivity index (χ1v) is 4.47. The Bertz CT molecular complexity index is 431. The van der Waals surface area contributed by atoms with Crippen molar-refractivity contribution in [2.45, 2.75) is 0 Å². The molecule has 0 radical (unpaired) electrons. The minimum absolute atomic E-state index is 0. The second kappa shape index (κ2) is 8.03. The molecule has 0 unspecified atom stereocenters. The summed E-state index contributed by atoms with van der Waals surface area (Å²) in [5.74, 6) is -0.136. The Labute approximate surface area is 144 Å². The summed E-state index contributed by atoms with van der Waals surface area (Å²) >= 11 is 0. The van der Waals surface area contributed by atoms with Crippen LogP contribution in [0.25, 0.3) is 0 Å². The Kier molecular flexibility index (Phi) is 7.96. The molecule has 0 aliphatic rings. The van der Waals surface area contributed by atoms with Gasteiger partial charge in [-0.05, 0) is 12.1 Å². The predicted octanol–water partition coefficient (Wildman–Crippen LogP) is -4.37. The molecule has 0 saturated heterocycles. The molecule has 0 aliphatic carbocycles. The Morgan fingerprint density at radius 2 is 1.00 bits per heavy atom. The van der Waals surface area contributed by atoms with Crippen LogP contribution in [0.5, 0.6) is 23.0 Å². The molecule has 0 aromatic heterocycles. The second-order valence-corrected chi connectivity index (χ2v) is 3.00. The van der Waals surface area contributed by atoms with Crippen LogP contribution in [-0.2, 0) is 0 Å². The fourth-order valence-corrected chi connectivity index (χ4v) is 1.19. The number of ether oxygens (including phenoxy) is 1. The number of rotatable bonds is 2. The van der Waals surface area contributed by atoms with E-state index >= 15 is 0 Å². The van der Waals surface area contributed by atoms with Crippen LogP contribution in [0.3, 0.4) is 0 Å². The largest absolute Gasteiger partial charge is 1.00 e. The average Bonchev–Trinajstić information content (AvgIpc) is 2.24. The molecule has 0 fully saturated rings. The molecular formula is C12H8Na2O3. The van der Waals surface area contributed by atoms with Crippen molar-refractivity contribution in [1.29, 1.82) is 0 Å². The first kappa shape index (κ1) is 16.8. The first-order valence-electron chi connectivity index (χ1n) is 4.47. The molecule has 76 valence electrons. The van der Waals surface area contributed by atoms with Crippen molar-refractivity contribution in [3.05, 3.63) is 48.5 Å². The van der Waals surface area contributed by atoms with Gasteiger partial charge in [0.25, 0.3) is 0 Å². The van der Waals surface area contributed by atoms with Gasteiger partial charge in [-0.15, -0.1) is 0 Å². The van der Waals surface area contributed by atoms with Crippen LogP contribution in [0.2, 0.25) is 0 Å². The van der Waals surface area contributed by atoms with Gasteiger partial charge in [0.1, 0.15) is 11.5 Å². The van der Waals surface area contributed by atoms with Crippen LogP contribution in [0.15, 0.2) is 48.5 Å². The van der Waals surface area contributed by atoms with Crippen molar-refractivity contribution in [2.75, 3.05) is 0 Å². The average molecular weight is 246 g/mol. The minimum atomic E-state index is -0.235. The van der Waals surface area contributed by atoms with Crippen molar-refractivity contribution in [2.24, 2.45) is 0 Å². The van der Waals surface area contributed by atoms with E-state index in [1.165, 1.54) is 24.3 Å². The van der Waals surface area contributed by atoms with E-state index < -0.39 is 0 Å². The summed E-state index contributed by atoms with van der Waals surface area (Å²) in [5.41, 5.74) is 0. The normalized spacial score (nSPS) is 8.71. The van der Waals surface area contributed by atoms with Gasteiger partial charge in [-0.2, -0.15) is 0 Å². The molecule has 0 saturated carbocycles. The molecule has 2 rings (SSSR count). The molecule has 0 aliphatic heterocycles. The summed E-state index contributed by atoms with van der Waals surface area (Å²) in [6.45, 7) is 0. The Balaban J connectivity index is 0.00000128. The standard InChI is InChI=1S/C12H10O3.2Na/c13-9-5-1-3-7-11(9)15-12-8-4-2-6-10(12)14;;/h1-8,13-14H;;/q;2*+1/p-2. The van der Waals surface area contributed by atoms with Crippen molar-refractivity contribution in [3.63, 3.8) is 0 Å². The van der Waals surface area contributed by atoms with E-state index in [1.54, 1.807) is 24.3 Å². The van der Waals surface area contributed by atoms with Gasteiger partial charge >= 0.3 is 59.1 Å². The topological polar surface area (TPSA) is 55.3 Å². The third-order valence-electron chi connectivity index (χ3n) is 1.92. The van der Waals surface area contributed by atoms with Crippen LogP contribution in [0.4, 0.5) is 0 Å². The van der Waals surface area contributed by atoms with E-state index in [-0.39, 0.29) is 82.1 Å². The fraction of sp³-hybridized carbons (Fsp3) is 0. The van der Waals surface area contributed by atoms with Gasteiger partial charge in [0.15, 0.2) is 0 Å². The Hall–Kier alpha value is -0.160. The van der Waals surface area contributed by atoms with Gasteiger partial charge in [0.2, 0.25) is 0 Å². The molecular weight excluding hydrogens is 238 g/mol. The summed E-state index contributed by atoms with van der Waals surface area (Å²) in [5, 5.41) is 22.6. The molecule has 0 atom stereocenters. The van der Waals surface area contributed by atoms with Gasteiger partial charge in [-0.1, -0.05) is 47.9 Å². The van der Waals surface area contributed by atoms with E-state index in [1.807, 2.05) is 0 Å². The smallest absolute Gasteiger partial charge is 0.870 e. The van der Waals surface area contributed by atoms with Crippen molar-refractivity contribution >= 4 is 0 Å². The van der Waals surface area contributed by atoms with E-state index in [4.69, 9.17) is 4.74 Å². The monoisotopic (exact) mass is 246 g/mol. The van der Waals surface area contributed by atoms with Crippen LogP contribution >= 0.6 is 0 Å². The van der Waals surface area contributed by atoms with Crippen molar-refractivity contribution < 1.29 is 74.1 Å². The summed E-state index contributed by atoms with van der Waals surface area (Å²) in [6, 6.07) is 12.5. The number of benzene rings is 2. The van der Waals surface area contributed by atoms with Gasteiger partial charge in [-0.25, -0.2) is 0 Å². The zero-order valence-electron chi connectivity index (χ0n) is 9.84. The zero-order chi connectivity index (χ0) is 10.7. The molecule has 0 spiro atoms. The van der Waals surface area contributed by atoms with Gasteiger partial charge in [-0.3, -0.25) is 0 Å². The Morgan fingerprint density at radius 3 is 1.35 bits per heavy atom. The van der Waals surface area contributed by atoms with E-state index in [0.717, 1.165) is 0 Å². The number of hydrogen-bond acceptors (Lipinski definition) is 3. The number of para-hydroxylation sites is 4. The maximum absolute atomic E-state index is 11.3. The summed E-state index contributed by atoms with van der Waals surface area (Å²) in [6.07, 6.45) is 0. The molecule has 2 aromatic rings. The summed E-state index contributed by atoms with van der Waals surface area (Å²) < 4.78 is 5.21. The van der Waals surface area contributed by atoms with Gasteiger partial charge in [0.05, 0.1) is 0 Å². The molecule has 0 N–H and O–H groups in total. The summed E-state index contributed by atoms with van der Waals surface area (Å²) in [7, 11) is 0. The van der Waals surface area contributed by atoms with E-state index in [0.29, 0.717) is 0 Å². The molecule has 0 heterocycles. The number of hydrogen-bond donors (Lipinski definition) is 0. The molecule has 5 heteroatoms. The van der Waals surface area contributed by atoms with Crippen LogP contribution in [-0.4, -0.2) is 0 Å². The molecule has 17 heavy (non-hydrogen) atoms. The third-order valence-corrected chi connectivity index (χ3v) is 1.92. The van der Waals surface area contributed by atoms with Crippen molar-refractivity contribution in [1.82, 2.24) is 0 Å². The van der Waals surface area contributed by atoms with Crippen molar-refractivity contribution in [3.8, 4) is 23.0 Å². The minimum Gasteiger partial charge on any atom is -0.870 e. The quantitative estimate of drug-likeness (QED) is 0.503. The van der Waals surface area contributed by atoms with Crippen LogP contribution < -0.4 is 74.1 Å².